The second kappa shape index (κ2) is 3.37. The summed E-state index contributed by atoms with van der Waals surface area (Å²) in [6.45, 7) is 1.98. The molecule has 1 aromatic rings. The lowest BCUT2D eigenvalue weighted by Crippen LogP contribution is -2.13. The van der Waals surface area contributed by atoms with Crippen LogP contribution < -0.4 is 4.84 Å². The minimum absolute atomic E-state index is 0.421. The molecule has 1 rings (SSSR count). The van der Waals surface area contributed by atoms with Gasteiger partial charge in [-0.2, -0.15) is 0 Å². The smallest absolute Gasteiger partial charge is 0.146 e. The topological polar surface area (TPSA) is 35.5 Å². The van der Waals surface area contributed by atoms with E-state index in [1.165, 1.54) is 7.05 Å². The quantitative estimate of drug-likeness (QED) is 0.605. The monoisotopic (exact) mass is 152 g/mol. The first-order valence-electron chi connectivity index (χ1n) is 3.34. The summed E-state index contributed by atoms with van der Waals surface area (Å²) in [7, 11) is 1.31. The summed E-state index contributed by atoms with van der Waals surface area (Å²) in [5.74, 6) is 0.563. The molecule has 0 aliphatic heterocycles. The molecule has 0 aliphatic carbocycles. The highest BCUT2D eigenvalue weighted by Gasteiger charge is 1.90. The predicted molar refractivity (Wildman–Crippen MR) is 42.9 cm³/mol. The van der Waals surface area contributed by atoms with Crippen molar-refractivity contribution in [2.45, 2.75) is 6.92 Å². The molecule has 1 aromatic carbocycles. The molecule has 0 radical (unpaired) electrons. The van der Waals surface area contributed by atoms with Crippen LogP contribution in [-0.2, 0) is 0 Å². The lowest BCUT2D eigenvalue weighted by atomic mass is 10.2. The van der Waals surface area contributed by atoms with E-state index in [2.05, 4.69) is 0 Å². The number of aryl methyl sites for hydroxylation is 1. The zero-order valence-electron chi connectivity index (χ0n) is 6.57. The highest BCUT2D eigenvalue weighted by Crippen LogP contribution is 2.11. The first kappa shape index (κ1) is 8.04. The van der Waals surface area contributed by atoms with Crippen LogP contribution in [0, 0.1) is 12.1 Å². The average Bonchev–Trinajstić information content (AvgIpc) is 1.93. The molecule has 0 N–H and O–H groups in total. The molecule has 0 saturated heterocycles. The largest absolute Gasteiger partial charge is 0.753 e. The summed E-state index contributed by atoms with van der Waals surface area (Å²) in [4.78, 5) is 4.75. The van der Waals surface area contributed by atoms with E-state index in [1.807, 2.05) is 19.1 Å². The third-order valence-corrected chi connectivity index (χ3v) is 1.25. The van der Waals surface area contributed by atoms with Gasteiger partial charge in [0.15, 0.2) is 0 Å². The van der Waals surface area contributed by atoms with Crippen LogP contribution in [0.25, 0.3) is 0 Å². The molecule has 0 unspecified atom stereocenters. The van der Waals surface area contributed by atoms with E-state index >= 15 is 0 Å². The van der Waals surface area contributed by atoms with Crippen LogP contribution in [0.5, 0.6) is 5.75 Å². The Labute approximate surface area is 65.7 Å². The van der Waals surface area contributed by atoms with Gasteiger partial charge in [0.1, 0.15) is 5.75 Å². The summed E-state index contributed by atoms with van der Waals surface area (Å²) in [6.07, 6.45) is 0. The Hall–Kier alpha value is -1.06. The lowest BCUT2D eigenvalue weighted by Gasteiger charge is -2.21. The van der Waals surface area contributed by atoms with Crippen molar-refractivity contribution in [2.24, 2.45) is 0 Å². The van der Waals surface area contributed by atoms with Gasteiger partial charge in [-0.1, -0.05) is 17.7 Å². The van der Waals surface area contributed by atoms with Crippen molar-refractivity contribution in [1.29, 1.82) is 0 Å². The van der Waals surface area contributed by atoms with Crippen molar-refractivity contribution in [1.82, 2.24) is 5.23 Å². The third kappa shape index (κ3) is 2.57. The summed E-state index contributed by atoms with van der Waals surface area (Å²) in [5.41, 5.74) is 1.14. The molecule has 0 amide bonds. The highest BCUT2D eigenvalue weighted by molar-refractivity contribution is 5.25. The molecule has 0 fully saturated rings. The average molecular weight is 152 g/mol. The molecule has 0 atom stereocenters. The Morgan fingerprint density at radius 1 is 1.27 bits per heavy atom. The first-order valence-corrected chi connectivity index (χ1v) is 3.34. The van der Waals surface area contributed by atoms with Crippen molar-refractivity contribution >= 4 is 0 Å². The summed E-state index contributed by atoms with van der Waals surface area (Å²) in [6, 6.07) is 7.28. The fraction of sp³-hybridized carbons (Fsp3) is 0.250. The van der Waals surface area contributed by atoms with Gasteiger partial charge in [0.2, 0.25) is 0 Å². The van der Waals surface area contributed by atoms with Gasteiger partial charge in [-0.25, -0.2) is 5.23 Å². The number of hydrogen-bond donors (Lipinski definition) is 0. The molecular formula is C8H10NO2-. The van der Waals surface area contributed by atoms with Gasteiger partial charge in [0, 0.05) is 7.05 Å². The maximum atomic E-state index is 10.4. The second-order valence-corrected chi connectivity index (χ2v) is 2.34. The maximum absolute atomic E-state index is 10.4. The Kier molecular flexibility index (Phi) is 2.46. The van der Waals surface area contributed by atoms with E-state index in [0.29, 0.717) is 11.0 Å². The Balaban J connectivity index is 2.66. The summed E-state index contributed by atoms with van der Waals surface area (Å²) < 4.78 is 0. The van der Waals surface area contributed by atoms with Crippen molar-refractivity contribution < 1.29 is 4.84 Å². The van der Waals surface area contributed by atoms with Gasteiger partial charge in [-0.3, -0.25) is 0 Å². The second-order valence-electron chi connectivity index (χ2n) is 2.34. The normalized spacial score (nSPS) is 10.2. The Bertz CT molecular complexity index is 218. The highest BCUT2D eigenvalue weighted by atomic mass is 16.9. The van der Waals surface area contributed by atoms with Crippen LogP contribution in [0.1, 0.15) is 5.56 Å². The molecule has 0 spiro atoms. The van der Waals surface area contributed by atoms with E-state index in [9.17, 15) is 5.21 Å². The fourth-order valence-electron chi connectivity index (χ4n) is 0.748. The van der Waals surface area contributed by atoms with E-state index in [4.69, 9.17) is 4.84 Å². The molecule has 3 nitrogen and oxygen atoms in total. The van der Waals surface area contributed by atoms with Crippen molar-refractivity contribution in [3.63, 3.8) is 0 Å². The van der Waals surface area contributed by atoms with E-state index < -0.39 is 0 Å². The molecule has 0 aromatic heterocycles. The van der Waals surface area contributed by atoms with Crippen LogP contribution >= 0.6 is 0 Å². The molecular weight excluding hydrogens is 142 g/mol. The van der Waals surface area contributed by atoms with E-state index in [-0.39, 0.29) is 0 Å². The Morgan fingerprint density at radius 2 is 1.82 bits per heavy atom. The van der Waals surface area contributed by atoms with Crippen LogP contribution in [0.2, 0.25) is 0 Å². The van der Waals surface area contributed by atoms with Crippen LogP contribution in [-0.4, -0.2) is 12.3 Å². The van der Waals surface area contributed by atoms with Crippen molar-refractivity contribution in [2.75, 3.05) is 7.05 Å². The van der Waals surface area contributed by atoms with Gasteiger partial charge in [-0.05, 0) is 19.1 Å². The van der Waals surface area contributed by atoms with Gasteiger partial charge >= 0.3 is 0 Å². The molecule has 60 valence electrons. The van der Waals surface area contributed by atoms with Crippen molar-refractivity contribution in [3.8, 4) is 5.75 Å². The fourth-order valence-corrected chi connectivity index (χ4v) is 0.748. The van der Waals surface area contributed by atoms with Gasteiger partial charge in [0.05, 0.1) is 0 Å². The van der Waals surface area contributed by atoms with E-state index in [0.717, 1.165) is 5.56 Å². The van der Waals surface area contributed by atoms with Gasteiger partial charge in [-0.15, -0.1) is 0 Å². The van der Waals surface area contributed by atoms with Crippen LogP contribution in [0.4, 0.5) is 0 Å². The van der Waals surface area contributed by atoms with E-state index in [1.54, 1.807) is 12.1 Å². The lowest BCUT2D eigenvalue weighted by molar-refractivity contribution is 0.0217. The van der Waals surface area contributed by atoms with Gasteiger partial charge in [0.25, 0.3) is 0 Å². The molecule has 0 heterocycles. The summed E-state index contributed by atoms with van der Waals surface area (Å²) in [5, 5.41) is 10.8. The number of benzene rings is 1. The predicted octanol–water partition coefficient (Wildman–Crippen LogP) is 1.72. The van der Waals surface area contributed by atoms with Crippen LogP contribution in [0.3, 0.4) is 0 Å². The molecule has 0 aliphatic rings. The standard InChI is InChI=1S/C8H10NO2/c1-7-3-5-8(6-4-7)11-9(2)10/h3-6H,1-2H3/q-1. The van der Waals surface area contributed by atoms with Crippen LogP contribution in [0.15, 0.2) is 24.3 Å². The minimum Gasteiger partial charge on any atom is -0.753 e. The van der Waals surface area contributed by atoms with Gasteiger partial charge < -0.3 is 10.0 Å². The number of nitrogens with zero attached hydrogens (tertiary/aromatic N) is 1. The Morgan fingerprint density at radius 3 is 2.27 bits per heavy atom. The maximum Gasteiger partial charge on any atom is 0.146 e. The molecule has 3 heteroatoms. The number of rotatable bonds is 2. The minimum atomic E-state index is 0.421. The zero-order chi connectivity index (χ0) is 8.27. The van der Waals surface area contributed by atoms with Crippen molar-refractivity contribution in [3.05, 3.63) is 35.0 Å². The summed E-state index contributed by atoms with van der Waals surface area (Å²) >= 11 is 0. The molecule has 0 bridgehead atoms. The number of hydrogen-bond acceptors (Lipinski definition) is 3. The molecule has 0 saturated carbocycles. The first-order chi connectivity index (χ1) is 5.18. The molecule has 11 heavy (non-hydrogen) atoms. The zero-order valence-corrected chi connectivity index (χ0v) is 6.57. The third-order valence-electron chi connectivity index (χ3n) is 1.25. The SMILES string of the molecule is Cc1ccc(ON(C)[O-])cc1. The number of hydroxylamine groups is 2.